The highest BCUT2D eigenvalue weighted by Crippen LogP contribution is 2.27. The number of carbonyl (C=O) groups excluding carboxylic acids is 1. The summed E-state index contributed by atoms with van der Waals surface area (Å²) >= 11 is 0. The Kier molecular flexibility index (Phi) is 6.67. The Bertz CT molecular complexity index is 1030. The standard InChI is InChI=1S/C22H32N4O3S/c1-15-8-11-25(12-9-15)30(28,29)22-18(4)24-26(19(22)5)13-10-21(27)23-20-14-16(2)6-7-17(20)3/h6-7,14-15H,8-13H2,1-5H3,(H,23,27). The molecule has 0 spiro atoms. The maximum atomic E-state index is 13.2. The number of aryl methyl sites for hydroxylation is 4. The van der Waals surface area contributed by atoms with Gasteiger partial charge in [0.2, 0.25) is 15.9 Å². The molecule has 1 aliphatic rings. The lowest BCUT2D eigenvalue weighted by Gasteiger charge is -2.29. The molecule has 30 heavy (non-hydrogen) atoms. The van der Waals surface area contributed by atoms with Crippen LogP contribution in [0.2, 0.25) is 0 Å². The van der Waals surface area contributed by atoms with Crippen molar-refractivity contribution in [1.82, 2.24) is 14.1 Å². The normalized spacial score (nSPS) is 16.0. The molecule has 2 aromatic rings. The maximum Gasteiger partial charge on any atom is 0.246 e. The predicted molar refractivity (Wildman–Crippen MR) is 118 cm³/mol. The minimum absolute atomic E-state index is 0.120. The molecule has 0 saturated carbocycles. The number of piperidine rings is 1. The zero-order chi connectivity index (χ0) is 22.1. The zero-order valence-corrected chi connectivity index (χ0v) is 19.3. The average molecular weight is 433 g/mol. The smallest absolute Gasteiger partial charge is 0.246 e. The Morgan fingerprint density at radius 3 is 2.50 bits per heavy atom. The van der Waals surface area contributed by atoms with Crippen LogP contribution in [0, 0.1) is 33.6 Å². The van der Waals surface area contributed by atoms with Crippen LogP contribution in [0.5, 0.6) is 0 Å². The van der Waals surface area contributed by atoms with Crippen molar-refractivity contribution >= 4 is 21.6 Å². The summed E-state index contributed by atoms with van der Waals surface area (Å²) in [5, 5.41) is 7.37. The molecule has 1 aliphatic heterocycles. The van der Waals surface area contributed by atoms with Crippen molar-refractivity contribution in [3.8, 4) is 0 Å². The van der Waals surface area contributed by atoms with Gasteiger partial charge < -0.3 is 5.32 Å². The van der Waals surface area contributed by atoms with E-state index < -0.39 is 10.0 Å². The molecule has 1 aromatic carbocycles. The number of sulfonamides is 1. The second kappa shape index (κ2) is 8.89. The monoisotopic (exact) mass is 432 g/mol. The molecule has 1 fully saturated rings. The van der Waals surface area contributed by atoms with E-state index in [1.165, 1.54) is 0 Å². The van der Waals surface area contributed by atoms with E-state index in [0.29, 0.717) is 36.9 Å². The maximum absolute atomic E-state index is 13.2. The van der Waals surface area contributed by atoms with Crippen molar-refractivity contribution in [3.63, 3.8) is 0 Å². The van der Waals surface area contributed by atoms with Crippen LogP contribution in [0.15, 0.2) is 23.1 Å². The van der Waals surface area contributed by atoms with E-state index in [0.717, 1.165) is 29.7 Å². The first-order valence-corrected chi connectivity index (χ1v) is 11.9. The van der Waals surface area contributed by atoms with Gasteiger partial charge in [0.1, 0.15) is 4.90 Å². The van der Waals surface area contributed by atoms with E-state index in [9.17, 15) is 13.2 Å². The van der Waals surface area contributed by atoms with Crippen molar-refractivity contribution in [2.45, 2.75) is 65.3 Å². The summed E-state index contributed by atoms with van der Waals surface area (Å²) in [5.41, 5.74) is 3.96. The van der Waals surface area contributed by atoms with Crippen LogP contribution in [0.1, 0.15) is 48.7 Å². The molecule has 0 atom stereocenters. The number of hydrogen-bond donors (Lipinski definition) is 1. The van der Waals surface area contributed by atoms with Crippen molar-refractivity contribution < 1.29 is 13.2 Å². The van der Waals surface area contributed by atoms with Gasteiger partial charge in [-0.2, -0.15) is 9.40 Å². The number of benzene rings is 1. The first-order chi connectivity index (χ1) is 14.1. The van der Waals surface area contributed by atoms with Gasteiger partial charge in [0, 0.05) is 25.2 Å². The number of rotatable bonds is 6. The summed E-state index contributed by atoms with van der Waals surface area (Å²) in [4.78, 5) is 12.7. The second-order valence-electron chi connectivity index (χ2n) is 8.43. The van der Waals surface area contributed by atoms with Gasteiger partial charge in [-0.3, -0.25) is 9.48 Å². The highest BCUT2D eigenvalue weighted by molar-refractivity contribution is 7.89. The molecular formula is C22H32N4O3S. The molecule has 0 aliphatic carbocycles. The van der Waals surface area contributed by atoms with Crippen molar-refractivity contribution in [3.05, 3.63) is 40.7 Å². The number of nitrogens with one attached hydrogen (secondary N) is 1. The molecule has 164 valence electrons. The number of carbonyl (C=O) groups is 1. The summed E-state index contributed by atoms with van der Waals surface area (Å²) < 4.78 is 29.6. The van der Waals surface area contributed by atoms with Crippen LogP contribution in [0.3, 0.4) is 0 Å². The Hall–Kier alpha value is -2.19. The predicted octanol–water partition coefficient (Wildman–Crippen LogP) is 3.57. The van der Waals surface area contributed by atoms with E-state index in [1.807, 2.05) is 32.0 Å². The van der Waals surface area contributed by atoms with E-state index in [4.69, 9.17) is 0 Å². The van der Waals surface area contributed by atoms with E-state index >= 15 is 0 Å². The van der Waals surface area contributed by atoms with Crippen LogP contribution in [0.4, 0.5) is 5.69 Å². The fourth-order valence-electron chi connectivity index (χ4n) is 3.92. The summed E-state index contributed by atoms with van der Waals surface area (Å²) in [5.74, 6) is 0.433. The lowest BCUT2D eigenvalue weighted by molar-refractivity contribution is -0.116. The number of aromatic nitrogens is 2. The molecule has 7 nitrogen and oxygen atoms in total. The fraction of sp³-hybridized carbons (Fsp3) is 0.545. The highest BCUT2D eigenvalue weighted by Gasteiger charge is 2.33. The molecular weight excluding hydrogens is 400 g/mol. The van der Waals surface area contributed by atoms with Gasteiger partial charge in [-0.1, -0.05) is 19.1 Å². The third kappa shape index (κ3) is 4.75. The Morgan fingerprint density at radius 1 is 1.17 bits per heavy atom. The summed E-state index contributed by atoms with van der Waals surface area (Å²) in [7, 11) is -3.57. The quantitative estimate of drug-likeness (QED) is 0.756. The van der Waals surface area contributed by atoms with Crippen LogP contribution in [-0.4, -0.2) is 41.5 Å². The summed E-state index contributed by atoms with van der Waals surface area (Å²) in [6.07, 6.45) is 1.98. The first kappa shape index (κ1) is 22.5. The molecule has 1 amide bonds. The summed E-state index contributed by atoms with van der Waals surface area (Å²) in [6.45, 7) is 11.0. The molecule has 0 radical (unpaired) electrons. The molecule has 0 bridgehead atoms. The van der Waals surface area contributed by atoms with E-state index in [-0.39, 0.29) is 17.2 Å². The lowest BCUT2D eigenvalue weighted by Crippen LogP contribution is -2.38. The van der Waals surface area contributed by atoms with Gasteiger partial charge in [0.15, 0.2) is 0 Å². The molecule has 3 rings (SSSR count). The van der Waals surface area contributed by atoms with Crippen LogP contribution >= 0.6 is 0 Å². The molecule has 2 heterocycles. The second-order valence-corrected chi connectivity index (χ2v) is 10.3. The fourth-order valence-corrected chi connectivity index (χ4v) is 5.76. The Labute approximate surface area is 179 Å². The van der Waals surface area contributed by atoms with Crippen molar-refractivity contribution in [2.75, 3.05) is 18.4 Å². The van der Waals surface area contributed by atoms with Gasteiger partial charge in [-0.25, -0.2) is 8.42 Å². The lowest BCUT2D eigenvalue weighted by atomic mass is 10.0. The van der Waals surface area contributed by atoms with Crippen LogP contribution in [0.25, 0.3) is 0 Å². The average Bonchev–Trinajstić information content (AvgIpc) is 2.97. The molecule has 0 unspecified atom stereocenters. The SMILES string of the molecule is Cc1ccc(C)c(NC(=O)CCn2nc(C)c(S(=O)(=O)N3CCC(C)CC3)c2C)c1. The van der Waals surface area contributed by atoms with E-state index in [2.05, 4.69) is 17.3 Å². The first-order valence-electron chi connectivity index (χ1n) is 10.5. The number of amides is 1. The third-order valence-corrected chi connectivity index (χ3v) is 8.03. The van der Waals surface area contributed by atoms with E-state index in [1.54, 1.807) is 22.8 Å². The number of hydrogen-bond acceptors (Lipinski definition) is 4. The number of anilines is 1. The van der Waals surface area contributed by atoms with Crippen molar-refractivity contribution in [1.29, 1.82) is 0 Å². The molecule has 8 heteroatoms. The highest BCUT2D eigenvalue weighted by atomic mass is 32.2. The topological polar surface area (TPSA) is 84.3 Å². The van der Waals surface area contributed by atoms with Crippen LogP contribution < -0.4 is 5.32 Å². The van der Waals surface area contributed by atoms with Gasteiger partial charge in [-0.15, -0.1) is 0 Å². The largest absolute Gasteiger partial charge is 0.326 e. The van der Waals surface area contributed by atoms with Gasteiger partial charge >= 0.3 is 0 Å². The molecule has 1 aromatic heterocycles. The van der Waals surface area contributed by atoms with Crippen molar-refractivity contribution in [2.24, 2.45) is 5.92 Å². The minimum atomic E-state index is -3.57. The summed E-state index contributed by atoms with van der Waals surface area (Å²) in [6, 6.07) is 5.93. The van der Waals surface area contributed by atoms with Gasteiger partial charge in [0.05, 0.1) is 17.9 Å². The molecule has 1 saturated heterocycles. The Morgan fingerprint density at radius 2 is 1.83 bits per heavy atom. The van der Waals surface area contributed by atoms with Gasteiger partial charge in [-0.05, 0) is 63.6 Å². The Balaban J connectivity index is 1.71. The van der Waals surface area contributed by atoms with Crippen LogP contribution in [-0.2, 0) is 21.4 Å². The third-order valence-electron chi connectivity index (χ3n) is 5.87. The van der Waals surface area contributed by atoms with Gasteiger partial charge in [0.25, 0.3) is 0 Å². The molecule has 1 N–H and O–H groups in total. The minimum Gasteiger partial charge on any atom is -0.326 e. The zero-order valence-electron chi connectivity index (χ0n) is 18.5. The number of nitrogens with zero attached hydrogens (tertiary/aromatic N) is 3.